The molecule has 2 aromatic rings. The molecule has 0 aliphatic heterocycles. The van der Waals surface area contributed by atoms with Crippen molar-refractivity contribution in [3.63, 3.8) is 0 Å². The molecule has 3 rings (SSSR count). The molecule has 0 saturated carbocycles. The molecule has 0 unspecified atom stereocenters. The molecular formula is C16H20ClN3. The lowest BCUT2D eigenvalue weighted by Crippen LogP contribution is -2.09. The third-order valence-electron chi connectivity index (χ3n) is 4.12. The Morgan fingerprint density at radius 1 is 1.30 bits per heavy atom. The van der Waals surface area contributed by atoms with E-state index in [1.54, 1.807) is 4.68 Å². The molecule has 0 spiro atoms. The van der Waals surface area contributed by atoms with Crippen molar-refractivity contribution in [1.82, 2.24) is 9.78 Å². The fourth-order valence-corrected chi connectivity index (χ4v) is 3.25. The largest absolute Gasteiger partial charge is 0.381 e. The SMILES string of the molecule is Cc1nn(C)c(Cl)c1CNc1cccc2c1CCCC2. The van der Waals surface area contributed by atoms with Gasteiger partial charge in [0.05, 0.1) is 5.69 Å². The topological polar surface area (TPSA) is 29.9 Å². The quantitative estimate of drug-likeness (QED) is 0.929. The third-order valence-corrected chi connectivity index (χ3v) is 4.59. The fraction of sp³-hybridized carbons (Fsp3) is 0.438. The summed E-state index contributed by atoms with van der Waals surface area (Å²) in [4.78, 5) is 0. The van der Waals surface area contributed by atoms with Crippen molar-refractivity contribution in [3.05, 3.63) is 45.7 Å². The first-order valence-electron chi connectivity index (χ1n) is 7.19. The normalized spacial score (nSPS) is 14.2. The minimum absolute atomic E-state index is 0.722. The number of aryl methyl sites for hydroxylation is 3. The van der Waals surface area contributed by atoms with Gasteiger partial charge in [-0.2, -0.15) is 5.10 Å². The second-order valence-corrected chi connectivity index (χ2v) is 5.84. The van der Waals surface area contributed by atoms with E-state index in [9.17, 15) is 0 Å². The van der Waals surface area contributed by atoms with E-state index in [-0.39, 0.29) is 0 Å². The molecule has 0 saturated heterocycles. The summed E-state index contributed by atoms with van der Waals surface area (Å²) >= 11 is 6.28. The van der Waals surface area contributed by atoms with Gasteiger partial charge in [-0.05, 0) is 49.8 Å². The van der Waals surface area contributed by atoms with E-state index in [4.69, 9.17) is 11.6 Å². The van der Waals surface area contributed by atoms with Gasteiger partial charge in [0.2, 0.25) is 0 Å². The number of rotatable bonds is 3. The number of aromatic nitrogens is 2. The highest BCUT2D eigenvalue weighted by Gasteiger charge is 2.14. The summed E-state index contributed by atoms with van der Waals surface area (Å²) in [7, 11) is 1.88. The zero-order valence-corrected chi connectivity index (χ0v) is 12.8. The van der Waals surface area contributed by atoms with Crippen LogP contribution in [0.3, 0.4) is 0 Å². The van der Waals surface area contributed by atoms with Gasteiger partial charge < -0.3 is 5.32 Å². The van der Waals surface area contributed by atoms with Gasteiger partial charge in [-0.1, -0.05) is 23.7 Å². The van der Waals surface area contributed by atoms with Crippen LogP contribution >= 0.6 is 11.6 Å². The number of anilines is 1. The van der Waals surface area contributed by atoms with Crippen molar-refractivity contribution < 1.29 is 0 Å². The zero-order chi connectivity index (χ0) is 14.1. The maximum absolute atomic E-state index is 6.28. The van der Waals surface area contributed by atoms with Gasteiger partial charge in [-0.15, -0.1) is 0 Å². The van der Waals surface area contributed by atoms with Crippen LogP contribution in [-0.4, -0.2) is 9.78 Å². The smallest absolute Gasteiger partial charge is 0.131 e. The molecule has 106 valence electrons. The molecule has 4 heteroatoms. The van der Waals surface area contributed by atoms with E-state index in [1.807, 2.05) is 14.0 Å². The Morgan fingerprint density at radius 3 is 2.85 bits per heavy atom. The van der Waals surface area contributed by atoms with Crippen molar-refractivity contribution in [1.29, 1.82) is 0 Å². The molecule has 0 radical (unpaired) electrons. The number of fused-ring (bicyclic) bond motifs is 1. The first kappa shape index (κ1) is 13.5. The Bertz CT molecular complexity index is 631. The lowest BCUT2D eigenvalue weighted by Gasteiger charge is -2.20. The lowest BCUT2D eigenvalue weighted by atomic mass is 9.90. The predicted molar refractivity (Wildman–Crippen MR) is 83.4 cm³/mol. The lowest BCUT2D eigenvalue weighted by molar-refractivity contribution is 0.686. The van der Waals surface area contributed by atoms with Crippen LogP contribution in [0.1, 0.15) is 35.2 Å². The first-order chi connectivity index (χ1) is 9.66. The van der Waals surface area contributed by atoms with Crippen molar-refractivity contribution >= 4 is 17.3 Å². The Labute approximate surface area is 124 Å². The maximum Gasteiger partial charge on any atom is 0.131 e. The number of nitrogens with zero attached hydrogens (tertiary/aromatic N) is 2. The summed E-state index contributed by atoms with van der Waals surface area (Å²) < 4.78 is 1.73. The fourth-order valence-electron chi connectivity index (χ4n) is 3.01. The Balaban J connectivity index is 1.82. The van der Waals surface area contributed by atoms with Crippen LogP contribution in [-0.2, 0) is 26.4 Å². The second kappa shape index (κ2) is 5.49. The summed E-state index contributed by atoms with van der Waals surface area (Å²) in [5, 5.41) is 8.62. The number of nitrogens with one attached hydrogen (secondary N) is 1. The van der Waals surface area contributed by atoms with Gasteiger partial charge in [-0.25, -0.2) is 0 Å². The Kier molecular flexibility index (Phi) is 3.70. The zero-order valence-electron chi connectivity index (χ0n) is 12.0. The average molecular weight is 290 g/mol. The summed E-state index contributed by atoms with van der Waals surface area (Å²) in [5.74, 6) is 0. The number of benzene rings is 1. The van der Waals surface area contributed by atoms with Crippen LogP contribution in [0.25, 0.3) is 0 Å². The second-order valence-electron chi connectivity index (χ2n) is 5.48. The third kappa shape index (κ3) is 2.42. The van der Waals surface area contributed by atoms with Crippen molar-refractivity contribution in [2.24, 2.45) is 7.05 Å². The molecule has 0 fully saturated rings. The minimum Gasteiger partial charge on any atom is -0.381 e. The maximum atomic E-state index is 6.28. The van der Waals surface area contributed by atoms with Gasteiger partial charge in [-0.3, -0.25) is 4.68 Å². The molecular weight excluding hydrogens is 270 g/mol. The highest BCUT2D eigenvalue weighted by atomic mass is 35.5. The van der Waals surface area contributed by atoms with Crippen LogP contribution in [0.2, 0.25) is 5.15 Å². The van der Waals surface area contributed by atoms with E-state index in [1.165, 1.54) is 42.5 Å². The van der Waals surface area contributed by atoms with Gasteiger partial charge >= 0.3 is 0 Å². The summed E-state index contributed by atoms with van der Waals surface area (Å²) in [5.41, 5.74) is 6.31. The monoisotopic (exact) mass is 289 g/mol. The highest BCUT2D eigenvalue weighted by molar-refractivity contribution is 6.30. The van der Waals surface area contributed by atoms with Crippen LogP contribution in [0, 0.1) is 6.92 Å². The average Bonchev–Trinajstić information content (AvgIpc) is 2.70. The van der Waals surface area contributed by atoms with Gasteiger partial charge in [0, 0.05) is 24.8 Å². The minimum atomic E-state index is 0.722. The standard InChI is InChI=1S/C16H20ClN3/c1-11-14(16(17)20(2)19-11)10-18-15-9-5-7-12-6-3-4-8-13(12)15/h5,7,9,18H,3-4,6,8,10H2,1-2H3. The van der Waals surface area contributed by atoms with E-state index < -0.39 is 0 Å². The summed E-state index contributed by atoms with van der Waals surface area (Å²) in [6.45, 7) is 2.73. The van der Waals surface area contributed by atoms with Crippen molar-refractivity contribution in [2.45, 2.75) is 39.2 Å². The van der Waals surface area contributed by atoms with Gasteiger partial charge in [0.15, 0.2) is 0 Å². The molecule has 3 nitrogen and oxygen atoms in total. The predicted octanol–water partition coefficient (Wildman–Crippen LogP) is 3.87. The van der Waals surface area contributed by atoms with Crippen LogP contribution in [0.4, 0.5) is 5.69 Å². The van der Waals surface area contributed by atoms with Gasteiger partial charge in [0.25, 0.3) is 0 Å². The number of hydrogen-bond acceptors (Lipinski definition) is 2. The molecule has 20 heavy (non-hydrogen) atoms. The first-order valence-corrected chi connectivity index (χ1v) is 7.57. The molecule has 1 aliphatic rings. The van der Waals surface area contributed by atoms with E-state index in [0.717, 1.165) is 23.0 Å². The number of halogens is 1. The molecule has 1 aliphatic carbocycles. The van der Waals surface area contributed by atoms with Gasteiger partial charge in [0.1, 0.15) is 5.15 Å². The number of hydrogen-bond donors (Lipinski definition) is 1. The van der Waals surface area contributed by atoms with E-state index in [0.29, 0.717) is 0 Å². The molecule has 0 bridgehead atoms. The molecule has 1 heterocycles. The summed E-state index contributed by atoms with van der Waals surface area (Å²) in [6, 6.07) is 6.57. The van der Waals surface area contributed by atoms with Crippen LogP contribution in [0.15, 0.2) is 18.2 Å². The van der Waals surface area contributed by atoms with Crippen molar-refractivity contribution in [3.8, 4) is 0 Å². The Morgan fingerprint density at radius 2 is 2.10 bits per heavy atom. The molecule has 1 aromatic carbocycles. The van der Waals surface area contributed by atoms with E-state index in [2.05, 4.69) is 28.6 Å². The summed E-state index contributed by atoms with van der Waals surface area (Å²) in [6.07, 6.45) is 4.98. The molecule has 0 atom stereocenters. The van der Waals surface area contributed by atoms with Crippen LogP contribution in [0.5, 0.6) is 0 Å². The molecule has 1 N–H and O–H groups in total. The molecule has 0 amide bonds. The Hall–Kier alpha value is -1.48. The van der Waals surface area contributed by atoms with Crippen molar-refractivity contribution in [2.75, 3.05) is 5.32 Å². The highest BCUT2D eigenvalue weighted by Crippen LogP contribution is 2.29. The van der Waals surface area contributed by atoms with E-state index >= 15 is 0 Å². The van der Waals surface area contributed by atoms with Crippen LogP contribution < -0.4 is 5.32 Å². The molecule has 1 aromatic heterocycles.